The zero-order chi connectivity index (χ0) is 24.4. The van der Waals surface area contributed by atoms with Crippen LogP contribution in [-0.2, 0) is 9.53 Å². The Kier molecular flexibility index (Phi) is 7.30. The summed E-state index contributed by atoms with van der Waals surface area (Å²) in [6.45, 7) is 8.53. The lowest BCUT2D eigenvalue weighted by atomic mass is 9.75. The molecule has 0 bridgehead atoms. The fraction of sp³-hybridized carbons (Fsp3) is 0.483. The average molecular weight is 466 g/mol. The van der Waals surface area contributed by atoms with E-state index in [1.54, 1.807) is 13.2 Å². The minimum absolute atomic E-state index is 0.0981. The number of carbonyl (C=O) groups excluding carboxylic acids is 1. The topological polar surface area (TPSA) is 40.5 Å². The molecule has 1 heterocycles. The molecule has 0 radical (unpaired) electrons. The standard InChI is InChI=1S/C29H36FNO3/c1-6-34-26(32)17-20-9-7-10-21(16-20)27-28-24(11-8-12-25(28)33-5)31(29(27)18(2)3)22-13-14-23(30)19(4)15-22/h8,11-15,18,20-21H,6-7,9-10,16-17H2,1-5H3. The van der Waals surface area contributed by atoms with Crippen LogP contribution < -0.4 is 4.74 Å². The highest BCUT2D eigenvalue weighted by Gasteiger charge is 2.32. The molecule has 0 amide bonds. The monoisotopic (exact) mass is 465 g/mol. The molecule has 34 heavy (non-hydrogen) atoms. The van der Waals surface area contributed by atoms with Crippen molar-refractivity contribution < 1.29 is 18.7 Å². The first-order valence-corrected chi connectivity index (χ1v) is 12.5. The number of methoxy groups -OCH3 is 1. The van der Waals surface area contributed by atoms with Gasteiger partial charge in [-0.1, -0.05) is 26.3 Å². The number of esters is 1. The lowest BCUT2D eigenvalue weighted by molar-refractivity contribution is -0.144. The van der Waals surface area contributed by atoms with Crippen LogP contribution in [0.5, 0.6) is 5.75 Å². The number of nitrogens with zero attached hydrogens (tertiary/aromatic N) is 1. The van der Waals surface area contributed by atoms with Gasteiger partial charge in [0.25, 0.3) is 0 Å². The van der Waals surface area contributed by atoms with Crippen LogP contribution >= 0.6 is 0 Å². The number of aromatic nitrogens is 1. The predicted molar refractivity (Wildman–Crippen MR) is 135 cm³/mol. The van der Waals surface area contributed by atoms with E-state index < -0.39 is 0 Å². The summed E-state index contributed by atoms with van der Waals surface area (Å²) in [5.74, 6) is 1.46. The molecule has 2 atom stereocenters. The first-order valence-electron chi connectivity index (χ1n) is 12.5. The summed E-state index contributed by atoms with van der Waals surface area (Å²) in [6, 6.07) is 11.5. The summed E-state index contributed by atoms with van der Waals surface area (Å²) in [5.41, 5.74) is 5.23. The maximum Gasteiger partial charge on any atom is 0.306 e. The van der Waals surface area contributed by atoms with Crippen LogP contribution in [0.1, 0.15) is 81.5 Å². The van der Waals surface area contributed by atoms with E-state index in [0.717, 1.165) is 48.0 Å². The Morgan fingerprint density at radius 3 is 2.68 bits per heavy atom. The molecule has 3 aromatic rings. The second kappa shape index (κ2) is 10.2. The van der Waals surface area contributed by atoms with Crippen LogP contribution in [0, 0.1) is 18.7 Å². The number of aryl methyl sites for hydroxylation is 1. The summed E-state index contributed by atoms with van der Waals surface area (Å²) < 4.78 is 27.5. The van der Waals surface area contributed by atoms with Crippen LogP contribution in [0.15, 0.2) is 36.4 Å². The van der Waals surface area contributed by atoms with Gasteiger partial charge in [0.05, 0.1) is 19.2 Å². The number of halogens is 1. The summed E-state index contributed by atoms with van der Waals surface area (Å²) in [5, 5.41) is 1.14. The third-order valence-corrected chi connectivity index (χ3v) is 7.15. The smallest absolute Gasteiger partial charge is 0.306 e. The molecule has 1 aromatic heterocycles. The Bertz CT molecular complexity index is 1180. The van der Waals surface area contributed by atoms with E-state index in [2.05, 4.69) is 24.5 Å². The molecule has 1 fully saturated rings. The molecule has 0 spiro atoms. The Hall–Kier alpha value is -2.82. The lowest BCUT2D eigenvalue weighted by Crippen LogP contribution is -2.20. The first-order chi connectivity index (χ1) is 16.3. The van der Waals surface area contributed by atoms with Gasteiger partial charge in [0.2, 0.25) is 0 Å². The van der Waals surface area contributed by atoms with E-state index in [-0.39, 0.29) is 17.7 Å². The van der Waals surface area contributed by atoms with Crippen LogP contribution in [0.25, 0.3) is 16.6 Å². The van der Waals surface area contributed by atoms with Crippen molar-refractivity contribution in [2.45, 2.75) is 71.6 Å². The number of rotatable bonds is 7. The van der Waals surface area contributed by atoms with E-state index in [1.807, 2.05) is 38.1 Å². The molecule has 2 unspecified atom stereocenters. The third-order valence-electron chi connectivity index (χ3n) is 7.15. The van der Waals surface area contributed by atoms with Gasteiger partial charge >= 0.3 is 5.97 Å². The number of benzene rings is 2. The van der Waals surface area contributed by atoms with Crippen molar-refractivity contribution in [3.8, 4) is 11.4 Å². The molecule has 0 N–H and O–H groups in total. The van der Waals surface area contributed by atoms with Crippen LogP contribution in [-0.4, -0.2) is 24.3 Å². The highest BCUT2D eigenvalue weighted by atomic mass is 19.1. The summed E-state index contributed by atoms with van der Waals surface area (Å²) in [4.78, 5) is 12.2. The first kappa shape index (κ1) is 24.3. The van der Waals surface area contributed by atoms with Gasteiger partial charge in [-0.05, 0) is 92.3 Å². The number of ether oxygens (including phenoxy) is 2. The van der Waals surface area contributed by atoms with Crippen molar-refractivity contribution in [1.82, 2.24) is 4.57 Å². The fourth-order valence-corrected chi connectivity index (χ4v) is 5.75. The summed E-state index contributed by atoms with van der Waals surface area (Å²) in [7, 11) is 1.72. The Morgan fingerprint density at radius 1 is 1.21 bits per heavy atom. The van der Waals surface area contributed by atoms with Crippen molar-refractivity contribution in [1.29, 1.82) is 0 Å². The zero-order valence-corrected chi connectivity index (χ0v) is 21.0. The molecule has 2 aromatic carbocycles. The highest BCUT2D eigenvalue weighted by Crippen LogP contribution is 2.48. The molecule has 0 saturated heterocycles. The van der Waals surface area contributed by atoms with Gasteiger partial charge in [0.15, 0.2) is 0 Å². The zero-order valence-electron chi connectivity index (χ0n) is 21.0. The van der Waals surface area contributed by atoms with Crippen molar-refractivity contribution >= 4 is 16.9 Å². The van der Waals surface area contributed by atoms with Gasteiger partial charge in [-0.3, -0.25) is 4.79 Å². The third kappa shape index (κ3) is 4.57. The van der Waals surface area contributed by atoms with Gasteiger partial charge in [-0.2, -0.15) is 0 Å². The van der Waals surface area contributed by atoms with E-state index >= 15 is 0 Å². The highest BCUT2D eigenvalue weighted by molar-refractivity contribution is 5.93. The maximum absolute atomic E-state index is 14.1. The normalized spacial score (nSPS) is 18.4. The molecule has 1 saturated carbocycles. The summed E-state index contributed by atoms with van der Waals surface area (Å²) in [6.07, 6.45) is 4.66. The second-order valence-electron chi connectivity index (χ2n) is 9.82. The summed E-state index contributed by atoms with van der Waals surface area (Å²) >= 11 is 0. The molecular formula is C29H36FNO3. The molecule has 0 aliphatic heterocycles. The minimum atomic E-state index is -0.196. The predicted octanol–water partition coefficient (Wildman–Crippen LogP) is 7.44. The Balaban J connectivity index is 1.90. The van der Waals surface area contributed by atoms with Crippen molar-refractivity contribution in [3.05, 3.63) is 59.0 Å². The maximum atomic E-state index is 14.1. The van der Waals surface area contributed by atoms with Crippen LogP contribution in [0.2, 0.25) is 0 Å². The van der Waals surface area contributed by atoms with Crippen molar-refractivity contribution in [2.75, 3.05) is 13.7 Å². The average Bonchev–Trinajstić information content (AvgIpc) is 3.17. The number of fused-ring (bicyclic) bond motifs is 1. The van der Waals surface area contributed by atoms with Gasteiger partial charge in [0, 0.05) is 23.2 Å². The Morgan fingerprint density at radius 2 is 2.00 bits per heavy atom. The lowest BCUT2D eigenvalue weighted by Gasteiger charge is -2.30. The van der Waals surface area contributed by atoms with Crippen molar-refractivity contribution in [2.24, 2.45) is 5.92 Å². The van der Waals surface area contributed by atoms with Crippen molar-refractivity contribution in [3.63, 3.8) is 0 Å². The van der Waals surface area contributed by atoms with Crippen LogP contribution in [0.4, 0.5) is 4.39 Å². The van der Waals surface area contributed by atoms with Gasteiger partial charge in [0.1, 0.15) is 11.6 Å². The van der Waals surface area contributed by atoms with Gasteiger partial charge in [-0.15, -0.1) is 0 Å². The molecular weight excluding hydrogens is 429 g/mol. The number of carbonyl (C=O) groups is 1. The molecule has 1 aliphatic carbocycles. The number of hydrogen-bond acceptors (Lipinski definition) is 3. The minimum Gasteiger partial charge on any atom is -0.496 e. The van der Waals surface area contributed by atoms with Gasteiger partial charge < -0.3 is 14.0 Å². The molecule has 1 aliphatic rings. The fourth-order valence-electron chi connectivity index (χ4n) is 5.75. The van der Waals surface area contributed by atoms with Crippen LogP contribution in [0.3, 0.4) is 0 Å². The Labute approximate surface area is 202 Å². The van der Waals surface area contributed by atoms with E-state index in [0.29, 0.717) is 30.4 Å². The van der Waals surface area contributed by atoms with E-state index in [4.69, 9.17) is 9.47 Å². The molecule has 182 valence electrons. The number of hydrogen-bond donors (Lipinski definition) is 0. The van der Waals surface area contributed by atoms with Gasteiger partial charge in [-0.25, -0.2) is 4.39 Å². The second-order valence-corrected chi connectivity index (χ2v) is 9.82. The SMILES string of the molecule is CCOC(=O)CC1CCCC(c2c(C(C)C)n(-c3ccc(F)c(C)c3)c3cccc(OC)c23)C1. The van der Waals surface area contributed by atoms with E-state index in [1.165, 1.54) is 11.3 Å². The molecule has 4 nitrogen and oxygen atoms in total. The largest absolute Gasteiger partial charge is 0.496 e. The quantitative estimate of drug-likeness (QED) is 0.341. The van der Waals surface area contributed by atoms with E-state index in [9.17, 15) is 9.18 Å². The molecule has 4 rings (SSSR count). The molecule has 5 heteroatoms.